The van der Waals surface area contributed by atoms with Crippen LogP contribution in [0.25, 0.3) is 0 Å². The van der Waals surface area contributed by atoms with Crippen LogP contribution >= 0.6 is 11.3 Å². The van der Waals surface area contributed by atoms with Gasteiger partial charge in [-0.05, 0) is 62.2 Å². The van der Waals surface area contributed by atoms with Gasteiger partial charge in [-0.25, -0.2) is 4.98 Å². The van der Waals surface area contributed by atoms with Crippen LogP contribution in [0.2, 0.25) is 0 Å². The van der Waals surface area contributed by atoms with Gasteiger partial charge in [0, 0.05) is 16.5 Å². The molecule has 2 nitrogen and oxygen atoms in total. The Kier molecular flexibility index (Phi) is 2.78. The number of hydrogen-bond donors (Lipinski definition) is 0. The van der Waals surface area contributed by atoms with Crippen molar-refractivity contribution in [1.82, 2.24) is 4.98 Å². The third-order valence-electron chi connectivity index (χ3n) is 6.20. The molecule has 114 valence electrons. The zero-order valence-electron chi connectivity index (χ0n) is 13.4. The van der Waals surface area contributed by atoms with Gasteiger partial charge in [-0.15, -0.1) is 11.3 Å². The van der Waals surface area contributed by atoms with Crippen molar-refractivity contribution >= 4 is 17.1 Å². The van der Waals surface area contributed by atoms with Crippen LogP contribution in [0.3, 0.4) is 0 Å². The Bertz CT molecular complexity index is 586. The second kappa shape index (κ2) is 4.18. The Labute approximate surface area is 131 Å². The van der Waals surface area contributed by atoms with E-state index >= 15 is 0 Å². The van der Waals surface area contributed by atoms with Gasteiger partial charge in [0.2, 0.25) is 0 Å². The van der Waals surface area contributed by atoms with Crippen LogP contribution < -0.4 is 0 Å². The topological polar surface area (TPSA) is 30.0 Å². The highest BCUT2D eigenvalue weighted by Crippen LogP contribution is 2.69. The summed E-state index contributed by atoms with van der Waals surface area (Å²) in [6.07, 6.45) is 8.03. The summed E-state index contributed by atoms with van der Waals surface area (Å²) in [5, 5.41) is 3.08. The third kappa shape index (κ3) is 2.19. The summed E-state index contributed by atoms with van der Waals surface area (Å²) in [7, 11) is 0. The maximum Gasteiger partial charge on any atom is 0.145 e. The van der Waals surface area contributed by atoms with Crippen molar-refractivity contribution in [1.29, 1.82) is 0 Å². The zero-order chi connectivity index (χ0) is 14.9. The van der Waals surface area contributed by atoms with Crippen molar-refractivity contribution in [2.75, 3.05) is 0 Å². The zero-order valence-corrected chi connectivity index (χ0v) is 14.2. The van der Waals surface area contributed by atoms with E-state index in [9.17, 15) is 4.79 Å². The van der Waals surface area contributed by atoms with Crippen LogP contribution in [-0.2, 0) is 11.2 Å². The lowest BCUT2D eigenvalue weighted by atomic mass is 9.39. The molecule has 0 aliphatic heterocycles. The van der Waals surface area contributed by atoms with E-state index in [2.05, 4.69) is 24.2 Å². The number of hydrogen-bond acceptors (Lipinski definition) is 3. The van der Waals surface area contributed by atoms with Crippen molar-refractivity contribution < 1.29 is 4.79 Å². The molecule has 5 rings (SSSR count). The molecule has 2 atom stereocenters. The third-order valence-corrected chi connectivity index (χ3v) is 7.16. The highest BCUT2D eigenvalue weighted by Gasteiger charge is 2.62. The Hall–Kier alpha value is -0.700. The number of carbonyl (C=O) groups excluding carboxylic acids is 1. The molecule has 0 aromatic carbocycles. The normalized spacial score (nSPS) is 44.2. The number of Topliss-reactive ketones (excluding diaryl/α,β-unsaturated/α-hetero) is 1. The van der Waals surface area contributed by atoms with E-state index in [-0.39, 0.29) is 5.41 Å². The first-order valence-corrected chi connectivity index (χ1v) is 9.12. The number of ketones is 1. The van der Waals surface area contributed by atoms with Gasteiger partial charge in [-0.3, -0.25) is 4.79 Å². The van der Waals surface area contributed by atoms with Gasteiger partial charge < -0.3 is 0 Å². The summed E-state index contributed by atoms with van der Waals surface area (Å²) in [6, 6.07) is 0. The number of aromatic nitrogens is 1. The van der Waals surface area contributed by atoms with Crippen molar-refractivity contribution in [2.45, 2.75) is 65.7 Å². The predicted octanol–water partition coefficient (Wildman–Crippen LogP) is 4.56. The lowest BCUT2D eigenvalue weighted by Gasteiger charge is -2.64. The molecule has 1 aromatic rings. The average Bonchev–Trinajstić information content (AvgIpc) is 2.69. The monoisotopic (exact) mass is 303 g/mol. The summed E-state index contributed by atoms with van der Waals surface area (Å²) in [4.78, 5) is 17.6. The molecule has 1 heterocycles. The minimum atomic E-state index is -0.0253. The van der Waals surface area contributed by atoms with Gasteiger partial charge in [-0.1, -0.05) is 13.8 Å². The summed E-state index contributed by atoms with van der Waals surface area (Å²) in [5.74, 6) is 1.27. The first-order valence-electron chi connectivity index (χ1n) is 8.24. The minimum Gasteiger partial charge on any atom is -0.299 e. The molecule has 4 fully saturated rings. The fraction of sp³-hybridized carbons (Fsp3) is 0.778. The van der Waals surface area contributed by atoms with Gasteiger partial charge in [0.15, 0.2) is 0 Å². The Balaban J connectivity index is 1.63. The molecule has 4 saturated carbocycles. The second-order valence-electron chi connectivity index (χ2n) is 8.89. The Morgan fingerprint density at radius 3 is 2.43 bits per heavy atom. The highest BCUT2D eigenvalue weighted by atomic mass is 32.1. The van der Waals surface area contributed by atoms with E-state index in [1.165, 1.54) is 19.3 Å². The summed E-state index contributed by atoms with van der Waals surface area (Å²) >= 11 is 1.65. The molecule has 0 spiro atoms. The van der Waals surface area contributed by atoms with Gasteiger partial charge in [0.05, 0.1) is 6.42 Å². The van der Waals surface area contributed by atoms with E-state index in [0.29, 0.717) is 23.0 Å². The van der Waals surface area contributed by atoms with Crippen LogP contribution in [0, 0.1) is 29.1 Å². The molecule has 4 aliphatic rings. The molecule has 3 heteroatoms. The van der Waals surface area contributed by atoms with Crippen molar-refractivity contribution in [2.24, 2.45) is 22.2 Å². The molecule has 4 aliphatic carbocycles. The van der Waals surface area contributed by atoms with Crippen molar-refractivity contribution in [3.05, 3.63) is 16.1 Å². The number of rotatable bonds is 3. The van der Waals surface area contributed by atoms with Crippen LogP contribution in [0.5, 0.6) is 0 Å². The summed E-state index contributed by atoms with van der Waals surface area (Å²) in [6.45, 7) is 6.88. The summed E-state index contributed by atoms with van der Waals surface area (Å²) in [5.41, 5.74) is 1.86. The van der Waals surface area contributed by atoms with Crippen molar-refractivity contribution in [3.8, 4) is 0 Å². The number of nitrogens with zero attached hydrogens (tertiary/aromatic N) is 1. The lowest BCUT2D eigenvalue weighted by molar-refractivity contribution is -0.167. The highest BCUT2D eigenvalue weighted by molar-refractivity contribution is 7.09. The number of thiazole rings is 1. The van der Waals surface area contributed by atoms with E-state index in [1.54, 1.807) is 11.3 Å². The largest absolute Gasteiger partial charge is 0.299 e. The smallest absolute Gasteiger partial charge is 0.145 e. The number of carbonyl (C=O) groups is 1. The molecule has 4 bridgehead atoms. The summed E-state index contributed by atoms with van der Waals surface area (Å²) < 4.78 is 0. The van der Waals surface area contributed by atoms with Gasteiger partial charge in [0.1, 0.15) is 10.8 Å². The molecule has 0 N–H and O–H groups in total. The Morgan fingerprint density at radius 1 is 1.24 bits per heavy atom. The molecule has 1 aromatic heterocycles. The van der Waals surface area contributed by atoms with Gasteiger partial charge >= 0.3 is 0 Å². The second-order valence-corrected chi connectivity index (χ2v) is 9.84. The van der Waals surface area contributed by atoms with Crippen molar-refractivity contribution in [3.63, 3.8) is 0 Å². The molecule has 0 amide bonds. The van der Waals surface area contributed by atoms with Crippen LogP contribution in [0.4, 0.5) is 0 Å². The molecular weight excluding hydrogens is 278 g/mol. The van der Waals surface area contributed by atoms with E-state index in [4.69, 9.17) is 0 Å². The van der Waals surface area contributed by atoms with Gasteiger partial charge in [0.25, 0.3) is 0 Å². The fourth-order valence-corrected chi connectivity index (χ4v) is 7.34. The molecular formula is C18H25NOS. The number of aryl methyl sites for hydroxylation is 1. The van der Waals surface area contributed by atoms with Gasteiger partial charge in [-0.2, -0.15) is 0 Å². The maximum atomic E-state index is 13.1. The fourth-order valence-electron chi connectivity index (χ4n) is 6.57. The van der Waals surface area contributed by atoms with E-state index in [0.717, 1.165) is 35.9 Å². The van der Waals surface area contributed by atoms with Crippen LogP contribution in [-0.4, -0.2) is 10.8 Å². The first kappa shape index (κ1) is 13.9. The standard InChI is InChI=1S/C18H25NOS/c1-12-8-21-15(19-12)4-14(20)18-7-13-5-16(2,10-18)9-17(3,6-13)11-18/h8,13H,4-7,9-11H2,1-3H3. The molecule has 21 heavy (non-hydrogen) atoms. The minimum absolute atomic E-state index is 0.0253. The van der Waals surface area contributed by atoms with Crippen LogP contribution in [0.15, 0.2) is 5.38 Å². The maximum absolute atomic E-state index is 13.1. The molecule has 2 unspecified atom stereocenters. The quantitative estimate of drug-likeness (QED) is 0.819. The first-order chi connectivity index (χ1) is 9.80. The average molecular weight is 303 g/mol. The lowest BCUT2D eigenvalue weighted by Crippen LogP contribution is -2.57. The SMILES string of the molecule is Cc1csc(CC(=O)C23CC4CC(C)(CC(C)(C4)C2)C3)n1. The molecule has 0 saturated heterocycles. The Morgan fingerprint density at radius 2 is 1.90 bits per heavy atom. The van der Waals surface area contributed by atoms with E-state index < -0.39 is 0 Å². The molecule has 0 radical (unpaired) electrons. The van der Waals surface area contributed by atoms with E-state index in [1.807, 2.05) is 6.92 Å². The van der Waals surface area contributed by atoms with Crippen LogP contribution in [0.1, 0.15) is 63.1 Å². The predicted molar refractivity (Wildman–Crippen MR) is 85.4 cm³/mol.